The van der Waals surface area contributed by atoms with Crippen molar-refractivity contribution in [3.05, 3.63) is 75.8 Å². The van der Waals surface area contributed by atoms with Crippen LogP contribution in [0, 0.1) is 6.92 Å². The molecule has 0 atom stereocenters. The normalized spacial score (nSPS) is 10.5. The average Bonchev–Trinajstić information content (AvgIpc) is 2.62. The van der Waals surface area contributed by atoms with Gasteiger partial charge in [-0.1, -0.05) is 6.07 Å². The SMILES string of the molecule is CNC(=O)c1ccc(NC(=O)c2cnc3ccc(C)cn3c2=O)cc1. The van der Waals surface area contributed by atoms with Gasteiger partial charge in [0.15, 0.2) is 0 Å². The van der Waals surface area contributed by atoms with Crippen molar-refractivity contribution in [1.29, 1.82) is 0 Å². The summed E-state index contributed by atoms with van der Waals surface area (Å²) in [6.07, 6.45) is 2.90. The van der Waals surface area contributed by atoms with Gasteiger partial charge in [-0.2, -0.15) is 0 Å². The Kier molecular flexibility index (Phi) is 4.30. The number of carbonyl (C=O) groups is 2. The molecule has 7 heteroatoms. The summed E-state index contributed by atoms with van der Waals surface area (Å²) in [7, 11) is 1.54. The van der Waals surface area contributed by atoms with Crippen molar-refractivity contribution < 1.29 is 9.59 Å². The molecule has 0 aliphatic heterocycles. The molecule has 0 unspecified atom stereocenters. The number of aryl methyl sites for hydroxylation is 1. The Bertz CT molecular complexity index is 1020. The number of nitrogens with one attached hydrogen (secondary N) is 2. The van der Waals surface area contributed by atoms with E-state index in [0.29, 0.717) is 16.9 Å². The highest BCUT2D eigenvalue weighted by atomic mass is 16.2. The molecule has 3 aromatic rings. The van der Waals surface area contributed by atoms with E-state index in [4.69, 9.17) is 0 Å². The zero-order valence-corrected chi connectivity index (χ0v) is 13.7. The van der Waals surface area contributed by atoms with E-state index in [-0.39, 0.29) is 11.5 Å². The fourth-order valence-electron chi connectivity index (χ4n) is 2.39. The highest BCUT2D eigenvalue weighted by Crippen LogP contribution is 2.11. The summed E-state index contributed by atoms with van der Waals surface area (Å²) < 4.78 is 1.35. The number of rotatable bonds is 3. The van der Waals surface area contributed by atoms with Gasteiger partial charge in [0.1, 0.15) is 11.2 Å². The fraction of sp³-hybridized carbons (Fsp3) is 0.111. The van der Waals surface area contributed by atoms with E-state index in [2.05, 4.69) is 15.6 Å². The molecule has 2 aromatic heterocycles. The number of nitrogens with zero attached hydrogens (tertiary/aromatic N) is 2. The standard InChI is InChI=1S/C18H16N4O3/c1-11-3-8-15-20-9-14(18(25)22(15)10-11)17(24)21-13-6-4-12(5-7-13)16(23)19-2/h3-10H,1-2H3,(H,19,23)(H,21,24). The minimum atomic E-state index is -0.555. The molecule has 0 aliphatic rings. The molecular weight excluding hydrogens is 320 g/mol. The van der Waals surface area contributed by atoms with Gasteiger partial charge in [0.05, 0.1) is 0 Å². The number of hydrogen-bond donors (Lipinski definition) is 2. The maximum absolute atomic E-state index is 12.5. The highest BCUT2D eigenvalue weighted by molar-refractivity contribution is 6.04. The van der Waals surface area contributed by atoms with Crippen LogP contribution in [-0.4, -0.2) is 28.2 Å². The van der Waals surface area contributed by atoms with Crippen molar-refractivity contribution in [3.63, 3.8) is 0 Å². The quantitative estimate of drug-likeness (QED) is 0.760. The third kappa shape index (κ3) is 3.25. The molecule has 25 heavy (non-hydrogen) atoms. The molecular formula is C18H16N4O3. The van der Waals surface area contributed by atoms with Crippen LogP contribution in [0.25, 0.3) is 5.65 Å². The summed E-state index contributed by atoms with van der Waals surface area (Å²) in [5.41, 5.74) is 1.82. The van der Waals surface area contributed by atoms with E-state index in [1.165, 1.54) is 10.6 Å². The Morgan fingerprint density at radius 1 is 1.04 bits per heavy atom. The lowest BCUT2D eigenvalue weighted by molar-refractivity contribution is 0.0962. The van der Waals surface area contributed by atoms with Gasteiger partial charge in [-0.25, -0.2) is 4.98 Å². The lowest BCUT2D eigenvalue weighted by atomic mass is 10.2. The zero-order chi connectivity index (χ0) is 18.0. The van der Waals surface area contributed by atoms with E-state index in [0.717, 1.165) is 5.56 Å². The Morgan fingerprint density at radius 2 is 1.76 bits per heavy atom. The third-order valence-electron chi connectivity index (χ3n) is 3.73. The van der Waals surface area contributed by atoms with E-state index < -0.39 is 11.5 Å². The smallest absolute Gasteiger partial charge is 0.270 e. The Hall–Kier alpha value is -3.48. The Morgan fingerprint density at radius 3 is 2.44 bits per heavy atom. The van der Waals surface area contributed by atoms with Crippen molar-refractivity contribution in [2.75, 3.05) is 12.4 Å². The van der Waals surface area contributed by atoms with Crippen molar-refractivity contribution in [1.82, 2.24) is 14.7 Å². The van der Waals surface area contributed by atoms with Gasteiger partial charge >= 0.3 is 0 Å². The molecule has 2 heterocycles. The predicted octanol–water partition coefficient (Wildman–Crippen LogP) is 1.61. The van der Waals surface area contributed by atoms with Crippen LogP contribution in [0.1, 0.15) is 26.3 Å². The molecule has 0 fully saturated rings. The highest BCUT2D eigenvalue weighted by Gasteiger charge is 2.14. The van der Waals surface area contributed by atoms with Crippen LogP contribution in [0.15, 0.2) is 53.6 Å². The molecule has 0 aliphatic carbocycles. The molecule has 0 saturated carbocycles. The number of amides is 2. The van der Waals surface area contributed by atoms with Gasteiger partial charge in [-0.3, -0.25) is 18.8 Å². The largest absolute Gasteiger partial charge is 0.355 e. The van der Waals surface area contributed by atoms with Gasteiger partial charge in [0.2, 0.25) is 0 Å². The van der Waals surface area contributed by atoms with Crippen molar-refractivity contribution >= 4 is 23.1 Å². The second-order valence-corrected chi connectivity index (χ2v) is 5.52. The summed E-state index contributed by atoms with van der Waals surface area (Å²) in [6.45, 7) is 1.85. The second-order valence-electron chi connectivity index (χ2n) is 5.52. The summed E-state index contributed by atoms with van der Waals surface area (Å²) in [6, 6.07) is 9.93. The maximum atomic E-state index is 12.5. The lowest BCUT2D eigenvalue weighted by Crippen LogP contribution is -2.26. The third-order valence-corrected chi connectivity index (χ3v) is 3.73. The molecule has 2 amide bonds. The minimum absolute atomic E-state index is 0.0570. The number of pyridine rings is 1. The average molecular weight is 336 g/mol. The summed E-state index contributed by atoms with van der Waals surface area (Å²) >= 11 is 0. The predicted molar refractivity (Wildman–Crippen MR) is 94.0 cm³/mol. The topological polar surface area (TPSA) is 92.6 Å². The molecule has 7 nitrogen and oxygen atoms in total. The van der Waals surface area contributed by atoms with E-state index >= 15 is 0 Å². The first kappa shape index (κ1) is 16.4. The van der Waals surface area contributed by atoms with Crippen molar-refractivity contribution in [2.24, 2.45) is 0 Å². The number of aromatic nitrogens is 2. The van der Waals surface area contributed by atoms with E-state index in [1.807, 2.05) is 13.0 Å². The molecule has 2 N–H and O–H groups in total. The van der Waals surface area contributed by atoms with Gasteiger partial charge in [0.25, 0.3) is 17.4 Å². The van der Waals surface area contributed by atoms with Crippen LogP contribution in [-0.2, 0) is 0 Å². The van der Waals surface area contributed by atoms with E-state index in [1.54, 1.807) is 43.6 Å². The van der Waals surface area contributed by atoms with Crippen molar-refractivity contribution in [2.45, 2.75) is 6.92 Å². The summed E-state index contributed by atoms with van der Waals surface area (Å²) in [4.78, 5) is 40.6. The van der Waals surface area contributed by atoms with Crippen LogP contribution in [0.3, 0.4) is 0 Å². The van der Waals surface area contributed by atoms with Gasteiger partial charge in [-0.05, 0) is 42.8 Å². The van der Waals surface area contributed by atoms with Crippen LogP contribution in [0.5, 0.6) is 0 Å². The monoisotopic (exact) mass is 336 g/mol. The number of hydrogen-bond acceptors (Lipinski definition) is 4. The van der Waals surface area contributed by atoms with Crippen LogP contribution in [0.4, 0.5) is 5.69 Å². The molecule has 0 radical (unpaired) electrons. The molecule has 0 spiro atoms. The first-order valence-electron chi connectivity index (χ1n) is 7.61. The van der Waals surface area contributed by atoms with Crippen LogP contribution >= 0.6 is 0 Å². The van der Waals surface area contributed by atoms with Crippen molar-refractivity contribution in [3.8, 4) is 0 Å². The molecule has 0 saturated heterocycles. The zero-order valence-electron chi connectivity index (χ0n) is 13.7. The van der Waals surface area contributed by atoms with Gasteiger partial charge in [-0.15, -0.1) is 0 Å². The summed E-state index contributed by atoms with van der Waals surface area (Å²) in [5, 5.41) is 5.16. The number of anilines is 1. The van der Waals surface area contributed by atoms with Crippen LogP contribution in [0.2, 0.25) is 0 Å². The molecule has 0 bridgehead atoms. The van der Waals surface area contributed by atoms with Gasteiger partial charge < -0.3 is 10.6 Å². The molecule has 126 valence electrons. The first-order chi connectivity index (χ1) is 12.0. The van der Waals surface area contributed by atoms with Gasteiger partial charge in [0, 0.05) is 30.7 Å². The molecule has 3 rings (SSSR count). The molecule has 1 aromatic carbocycles. The van der Waals surface area contributed by atoms with E-state index in [9.17, 15) is 14.4 Å². The number of carbonyl (C=O) groups excluding carboxylic acids is 2. The second kappa shape index (κ2) is 6.56. The Balaban J connectivity index is 1.88. The summed E-state index contributed by atoms with van der Waals surface area (Å²) in [5.74, 6) is -0.772. The number of benzene rings is 1. The Labute approximate surface area is 143 Å². The maximum Gasteiger partial charge on any atom is 0.270 e. The first-order valence-corrected chi connectivity index (χ1v) is 7.61. The van der Waals surface area contributed by atoms with Crippen LogP contribution < -0.4 is 16.2 Å². The number of fused-ring (bicyclic) bond motifs is 1. The fourth-order valence-corrected chi connectivity index (χ4v) is 2.39. The minimum Gasteiger partial charge on any atom is -0.355 e. The lowest BCUT2D eigenvalue weighted by Gasteiger charge is -2.07.